The van der Waals surface area contributed by atoms with Crippen molar-refractivity contribution in [1.82, 2.24) is 4.98 Å². The van der Waals surface area contributed by atoms with Crippen LogP contribution in [0.5, 0.6) is 0 Å². The van der Waals surface area contributed by atoms with E-state index >= 15 is 0 Å². The SMILES string of the molecule is COC(=O)[C@H](CCSC)N=CC1C(=O)N(c2ccccn2)C(=O)c2ccccc21. The molecule has 0 saturated heterocycles. The molecule has 3 rings (SSSR count). The van der Waals surface area contributed by atoms with Crippen LogP contribution in [0.3, 0.4) is 0 Å². The number of nitrogens with zero attached hydrogens (tertiary/aromatic N) is 3. The maximum absolute atomic E-state index is 13.2. The lowest BCUT2D eigenvalue weighted by atomic mass is 9.89. The van der Waals surface area contributed by atoms with E-state index in [1.54, 1.807) is 54.2 Å². The predicted molar refractivity (Wildman–Crippen MR) is 113 cm³/mol. The molecule has 0 N–H and O–H groups in total. The van der Waals surface area contributed by atoms with Gasteiger partial charge in [0.15, 0.2) is 0 Å². The van der Waals surface area contributed by atoms with Gasteiger partial charge in [-0.1, -0.05) is 24.3 Å². The lowest BCUT2D eigenvalue weighted by Gasteiger charge is -2.30. The first-order valence-electron chi connectivity index (χ1n) is 9.06. The Morgan fingerprint density at radius 1 is 1.28 bits per heavy atom. The summed E-state index contributed by atoms with van der Waals surface area (Å²) in [4.78, 5) is 47.8. The van der Waals surface area contributed by atoms with E-state index in [4.69, 9.17) is 4.74 Å². The maximum Gasteiger partial charge on any atom is 0.330 e. The smallest absolute Gasteiger partial charge is 0.330 e. The number of fused-ring (bicyclic) bond motifs is 1. The van der Waals surface area contributed by atoms with Crippen LogP contribution in [0.2, 0.25) is 0 Å². The first-order valence-corrected chi connectivity index (χ1v) is 10.5. The molecule has 7 nitrogen and oxygen atoms in total. The standard InChI is InChI=1S/C21H21N3O4S/c1-28-21(27)17(10-12-29-2)23-13-16-14-7-3-4-8-15(14)19(25)24(20(16)26)18-9-5-6-11-22-18/h3-9,11,13,16-17H,10,12H2,1-2H3/t16?,17-/m0/s1. The molecule has 150 valence electrons. The zero-order valence-electron chi connectivity index (χ0n) is 16.1. The van der Waals surface area contributed by atoms with E-state index in [0.29, 0.717) is 17.5 Å². The molecule has 2 aromatic rings. The minimum Gasteiger partial charge on any atom is -0.467 e. The van der Waals surface area contributed by atoms with Crippen molar-refractivity contribution in [3.8, 4) is 0 Å². The quantitative estimate of drug-likeness (QED) is 0.395. The first-order chi connectivity index (χ1) is 14.1. The minimum atomic E-state index is -0.799. The number of esters is 1. The summed E-state index contributed by atoms with van der Waals surface area (Å²) in [6.07, 6.45) is 5.41. The third kappa shape index (κ3) is 4.37. The van der Waals surface area contributed by atoms with Gasteiger partial charge in [0.2, 0.25) is 5.91 Å². The Morgan fingerprint density at radius 2 is 2.03 bits per heavy atom. The molecule has 0 radical (unpaired) electrons. The Labute approximate surface area is 173 Å². The molecule has 2 amide bonds. The molecule has 0 saturated carbocycles. The van der Waals surface area contributed by atoms with Gasteiger partial charge in [-0.15, -0.1) is 0 Å². The Bertz CT molecular complexity index is 933. The molecular formula is C21H21N3O4S. The minimum absolute atomic E-state index is 0.252. The third-order valence-electron chi connectivity index (χ3n) is 4.58. The number of amides is 2. The van der Waals surface area contributed by atoms with Crippen molar-refractivity contribution < 1.29 is 19.1 Å². The van der Waals surface area contributed by atoms with Crippen LogP contribution in [0.1, 0.15) is 28.3 Å². The maximum atomic E-state index is 13.2. The van der Waals surface area contributed by atoms with Crippen LogP contribution in [0, 0.1) is 0 Å². The number of hydrogen-bond acceptors (Lipinski definition) is 7. The lowest BCUT2D eigenvalue weighted by Crippen LogP contribution is -2.46. The fourth-order valence-electron chi connectivity index (χ4n) is 3.11. The molecule has 0 aliphatic carbocycles. The number of thioether (sulfide) groups is 1. The van der Waals surface area contributed by atoms with Gasteiger partial charge in [0.05, 0.1) is 13.0 Å². The van der Waals surface area contributed by atoms with E-state index in [1.165, 1.54) is 19.5 Å². The summed E-state index contributed by atoms with van der Waals surface area (Å²) in [5.74, 6) is -1.16. The molecule has 29 heavy (non-hydrogen) atoms. The van der Waals surface area contributed by atoms with Crippen LogP contribution in [0.15, 0.2) is 53.7 Å². The van der Waals surface area contributed by atoms with Crippen molar-refractivity contribution in [1.29, 1.82) is 0 Å². The highest BCUT2D eigenvalue weighted by molar-refractivity contribution is 7.98. The van der Waals surface area contributed by atoms with Crippen molar-refractivity contribution in [2.45, 2.75) is 18.4 Å². The third-order valence-corrected chi connectivity index (χ3v) is 5.22. The topological polar surface area (TPSA) is 88.9 Å². The van der Waals surface area contributed by atoms with Gasteiger partial charge in [0, 0.05) is 18.0 Å². The second kappa shape index (κ2) is 9.47. The van der Waals surface area contributed by atoms with Gasteiger partial charge in [0.25, 0.3) is 5.91 Å². The molecule has 0 bridgehead atoms. The number of aliphatic imine (C=N–C) groups is 1. The fourth-order valence-corrected chi connectivity index (χ4v) is 3.57. The number of ether oxygens (including phenoxy) is 1. The molecule has 1 aliphatic rings. The number of anilines is 1. The van der Waals surface area contributed by atoms with Crippen LogP contribution in [-0.2, 0) is 14.3 Å². The molecule has 1 aliphatic heterocycles. The fraction of sp³-hybridized carbons (Fsp3) is 0.286. The number of methoxy groups -OCH3 is 1. The van der Waals surface area contributed by atoms with Crippen LogP contribution in [-0.4, -0.2) is 54.1 Å². The number of rotatable bonds is 7. The Hall–Kier alpha value is -3.00. The zero-order valence-corrected chi connectivity index (χ0v) is 17.0. The van der Waals surface area contributed by atoms with Gasteiger partial charge >= 0.3 is 5.97 Å². The van der Waals surface area contributed by atoms with Crippen LogP contribution in [0.25, 0.3) is 0 Å². The van der Waals surface area contributed by atoms with Crippen molar-refractivity contribution in [3.05, 3.63) is 59.8 Å². The number of carbonyl (C=O) groups is 3. The van der Waals surface area contributed by atoms with Gasteiger partial charge in [-0.05, 0) is 42.2 Å². The van der Waals surface area contributed by atoms with Gasteiger partial charge < -0.3 is 4.74 Å². The Morgan fingerprint density at radius 3 is 2.72 bits per heavy atom. The molecule has 1 aromatic heterocycles. The second-order valence-electron chi connectivity index (χ2n) is 6.35. The van der Waals surface area contributed by atoms with Gasteiger partial charge in [-0.3, -0.25) is 14.6 Å². The summed E-state index contributed by atoms with van der Waals surface area (Å²) >= 11 is 1.60. The second-order valence-corrected chi connectivity index (χ2v) is 7.34. The predicted octanol–water partition coefficient (Wildman–Crippen LogP) is 2.72. The van der Waals surface area contributed by atoms with E-state index in [2.05, 4.69) is 9.98 Å². The molecule has 1 unspecified atom stereocenters. The average Bonchev–Trinajstić information content (AvgIpc) is 2.76. The summed E-state index contributed by atoms with van der Waals surface area (Å²) < 4.78 is 4.83. The number of pyridine rings is 1. The largest absolute Gasteiger partial charge is 0.467 e. The van der Waals surface area contributed by atoms with E-state index in [1.807, 2.05) is 6.26 Å². The highest BCUT2D eigenvalue weighted by Crippen LogP contribution is 2.31. The van der Waals surface area contributed by atoms with Crippen molar-refractivity contribution in [2.24, 2.45) is 4.99 Å². The van der Waals surface area contributed by atoms with Gasteiger partial charge in [-0.2, -0.15) is 11.8 Å². The number of carbonyl (C=O) groups excluding carboxylic acids is 3. The van der Waals surface area contributed by atoms with Crippen molar-refractivity contribution in [2.75, 3.05) is 24.0 Å². The van der Waals surface area contributed by atoms with Crippen molar-refractivity contribution >= 4 is 41.6 Å². The molecule has 2 atom stereocenters. The summed E-state index contributed by atoms with van der Waals surface area (Å²) in [6, 6.07) is 11.2. The molecule has 0 fully saturated rings. The first kappa shape index (κ1) is 20.7. The summed E-state index contributed by atoms with van der Waals surface area (Å²) in [7, 11) is 1.31. The van der Waals surface area contributed by atoms with Gasteiger partial charge in [0.1, 0.15) is 11.9 Å². The number of aromatic nitrogens is 1. The summed E-state index contributed by atoms with van der Waals surface area (Å²) in [5, 5.41) is 0. The molecular weight excluding hydrogens is 390 g/mol. The van der Waals surface area contributed by atoms with Crippen LogP contribution in [0.4, 0.5) is 5.82 Å². The normalized spacial score (nSPS) is 17.3. The van der Waals surface area contributed by atoms with E-state index in [0.717, 1.165) is 10.7 Å². The Balaban J connectivity index is 2.00. The van der Waals surface area contributed by atoms with E-state index in [-0.39, 0.29) is 5.82 Å². The van der Waals surface area contributed by atoms with Crippen molar-refractivity contribution in [3.63, 3.8) is 0 Å². The molecule has 0 spiro atoms. The van der Waals surface area contributed by atoms with E-state index in [9.17, 15) is 14.4 Å². The molecule has 1 aromatic carbocycles. The zero-order chi connectivity index (χ0) is 20.8. The highest BCUT2D eigenvalue weighted by atomic mass is 32.2. The van der Waals surface area contributed by atoms with Gasteiger partial charge in [-0.25, -0.2) is 14.7 Å². The average molecular weight is 411 g/mol. The molecule has 8 heteroatoms. The summed E-state index contributed by atoms with van der Waals surface area (Å²) in [6.45, 7) is 0. The highest BCUT2D eigenvalue weighted by Gasteiger charge is 2.39. The number of benzene rings is 1. The lowest BCUT2D eigenvalue weighted by molar-refractivity contribution is -0.142. The van der Waals surface area contributed by atoms with E-state index < -0.39 is 29.7 Å². The monoisotopic (exact) mass is 411 g/mol. The van der Waals surface area contributed by atoms with Crippen LogP contribution >= 0.6 is 11.8 Å². The van der Waals surface area contributed by atoms with Crippen LogP contribution < -0.4 is 4.90 Å². The number of imide groups is 1. The Kier molecular flexibility index (Phi) is 6.77. The summed E-state index contributed by atoms with van der Waals surface area (Å²) in [5.41, 5.74) is 0.972. The molecule has 2 heterocycles. The number of hydrogen-bond donors (Lipinski definition) is 0.